The summed E-state index contributed by atoms with van der Waals surface area (Å²) in [5.74, 6) is 0.193. The molecule has 1 amide bonds. The number of ether oxygens (including phenoxy) is 1. The second-order valence-corrected chi connectivity index (χ2v) is 6.99. The largest absolute Gasteiger partial charge is 0.376 e. The first kappa shape index (κ1) is 17.9. The summed E-state index contributed by atoms with van der Waals surface area (Å²) in [6, 6.07) is 7.11. The van der Waals surface area contributed by atoms with Crippen molar-refractivity contribution in [2.75, 3.05) is 31.1 Å². The van der Waals surface area contributed by atoms with E-state index in [0.717, 1.165) is 45.4 Å². The molecule has 1 N–H and O–H groups in total. The van der Waals surface area contributed by atoms with Gasteiger partial charge in [0.1, 0.15) is 0 Å². The fourth-order valence-corrected chi connectivity index (χ4v) is 3.56. The molecule has 1 aromatic carbocycles. The maximum atomic E-state index is 14.2. The van der Waals surface area contributed by atoms with Crippen LogP contribution in [0, 0.1) is 5.82 Å². The number of aromatic nitrogens is 2. The average molecular weight is 370 g/mol. The molecule has 0 unspecified atom stereocenters. The van der Waals surface area contributed by atoms with Crippen molar-refractivity contribution in [3.8, 4) is 11.4 Å². The molecule has 0 saturated carbocycles. The Balaban J connectivity index is 1.51. The Morgan fingerprint density at radius 1 is 1.30 bits per heavy atom. The molecule has 142 valence electrons. The van der Waals surface area contributed by atoms with Crippen LogP contribution in [0.2, 0.25) is 0 Å². The summed E-state index contributed by atoms with van der Waals surface area (Å²) in [6.07, 6.45) is 5.40. The summed E-state index contributed by atoms with van der Waals surface area (Å²) in [6.45, 7) is 2.88. The first-order valence-electron chi connectivity index (χ1n) is 9.48. The van der Waals surface area contributed by atoms with Gasteiger partial charge in [-0.3, -0.25) is 4.79 Å². The lowest BCUT2D eigenvalue weighted by atomic mass is 10.1. The molecule has 2 aliphatic rings. The van der Waals surface area contributed by atoms with E-state index >= 15 is 0 Å². The molecule has 2 fully saturated rings. The zero-order valence-electron chi connectivity index (χ0n) is 15.2. The smallest absolute Gasteiger partial charge is 0.251 e. The highest BCUT2D eigenvalue weighted by Crippen LogP contribution is 2.24. The van der Waals surface area contributed by atoms with Gasteiger partial charge >= 0.3 is 0 Å². The summed E-state index contributed by atoms with van der Waals surface area (Å²) in [5, 5.41) is 2.91. The summed E-state index contributed by atoms with van der Waals surface area (Å²) in [4.78, 5) is 22.9. The lowest BCUT2D eigenvalue weighted by molar-refractivity contribution is 0.0858. The number of halogens is 1. The van der Waals surface area contributed by atoms with E-state index in [1.165, 1.54) is 6.20 Å². The molecule has 1 aromatic heterocycles. The van der Waals surface area contributed by atoms with Crippen LogP contribution in [0.1, 0.15) is 36.0 Å². The predicted molar refractivity (Wildman–Crippen MR) is 100 cm³/mol. The molecule has 7 heteroatoms. The van der Waals surface area contributed by atoms with Crippen LogP contribution in [0.15, 0.2) is 30.5 Å². The number of nitrogens with one attached hydrogen (secondary N) is 1. The highest BCUT2D eigenvalue weighted by atomic mass is 19.1. The van der Waals surface area contributed by atoms with Crippen molar-refractivity contribution in [1.29, 1.82) is 0 Å². The maximum Gasteiger partial charge on any atom is 0.251 e. The number of rotatable bonds is 5. The third kappa shape index (κ3) is 4.08. The normalized spacial score (nSPS) is 19.4. The second-order valence-electron chi connectivity index (χ2n) is 6.99. The quantitative estimate of drug-likeness (QED) is 0.877. The molecule has 2 saturated heterocycles. The third-order valence-electron chi connectivity index (χ3n) is 5.03. The average Bonchev–Trinajstić information content (AvgIpc) is 3.40. The first-order chi connectivity index (χ1) is 13.2. The van der Waals surface area contributed by atoms with Gasteiger partial charge in [0.15, 0.2) is 17.5 Å². The van der Waals surface area contributed by atoms with Crippen LogP contribution in [0.25, 0.3) is 11.4 Å². The van der Waals surface area contributed by atoms with Gasteiger partial charge in [-0.1, -0.05) is 12.1 Å². The molecule has 2 aliphatic heterocycles. The standard InChI is InChI=1S/C20H23FN4O2/c21-17-13-22-18(24-19(17)25-8-1-2-9-25)14-5-3-6-15(11-14)20(26)23-12-16-7-4-10-27-16/h3,5-6,11,13,16H,1-2,4,7-10,12H2,(H,23,26)/t16-/m1/s1. The Morgan fingerprint density at radius 3 is 2.93 bits per heavy atom. The van der Waals surface area contributed by atoms with Gasteiger partial charge in [0.2, 0.25) is 0 Å². The number of carbonyl (C=O) groups is 1. The predicted octanol–water partition coefficient (Wildman–Crippen LogP) is 2.79. The lowest BCUT2D eigenvalue weighted by Gasteiger charge is -2.17. The van der Waals surface area contributed by atoms with Gasteiger partial charge in [-0.15, -0.1) is 0 Å². The van der Waals surface area contributed by atoms with Gasteiger partial charge in [0.25, 0.3) is 5.91 Å². The number of anilines is 1. The lowest BCUT2D eigenvalue weighted by Crippen LogP contribution is -2.31. The topological polar surface area (TPSA) is 67.3 Å². The maximum absolute atomic E-state index is 14.2. The summed E-state index contributed by atoms with van der Waals surface area (Å²) in [7, 11) is 0. The van der Waals surface area contributed by atoms with Gasteiger partial charge in [0.05, 0.1) is 12.3 Å². The number of amides is 1. The zero-order chi connectivity index (χ0) is 18.6. The monoisotopic (exact) mass is 370 g/mol. The molecule has 1 atom stereocenters. The fraction of sp³-hybridized carbons (Fsp3) is 0.450. The molecule has 6 nitrogen and oxygen atoms in total. The van der Waals surface area contributed by atoms with Crippen molar-refractivity contribution in [3.05, 3.63) is 41.8 Å². The number of benzene rings is 1. The number of hydrogen-bond donors (Lipinski definition) is 1. The van der Waals surface area contributed by atoms with Crippen LogP contribution in [0.3, 0.4) is 0 Å². The number of carbonyl (C=O) groups excluding carboxylic acids is 1. The molecule has 0 radical (unpaired) electrons. The third-order valence-corrected chi connectivity index (χ3v) is 5.03. The van der Waals surface area contributed by atoms with Gasteiger partial charge in [0, 0.05) is 37.4 Å². The Hall–Kier alpha value is -2.54. The van der Waals surface area contributed by atoms with Gasteiger partial charge in [-0.05, 0) is 37.8 Å². The van der Waals surface area contributed by atoms with Crippen LogP contribution >= 0.6 is 0 Å². The van der Waals surface area contributed by atoms with E-state index in [-0.39, 0.29) is 12.0 Å². The SMILES string of the molecule is O=C(NC[C@H]1CCCO1)c1cccc(-c2ncc(F)c(N3CCCC3)n2)c1. The molecule has 0 spiro atoms. The molecular weight excluding hydrogens is 347 g/mol. The van der Waals surface area contributed by atoms with Gasteiger partial charge in [-0.2, -0.15) is 0 Å². The molecule has 2 aromatic rings. The van der Waals surface area contributed by atoms with Crippen molar-refractivity contribution in [1.82, 2.24) is 15.3 Å². The first-order valence-corrected chi connectivity index (χ1v) is 9.48. The molecule has 0 aliphatic carbocycles. The van der Waals surface area contributed by atoms with Crippen LogP contribution in [0.4, 0.5) is 10.2 Å². The molecule has 4 rings (SSSR count). The zero-order valence-corrected chi connectivity index (χ0v) is 15.2. The van der Waals surface area contributed by atoms with Gasteiger partial charge in [-0.25, -0.2) is 14.4 Å². The Bertz CT molecular complexity index is 817. The minimum Gasteiger partial charge on any atom is -0.376 e. The minimum absolute atomic E-state index is 0.0978. The summed E-state index contributed by atoms with van der Waals surface area (Å²) >= 11 is 0. The fourth-order valence-electron chi connectivity index (χ4n) is 3.56. The Labute approximate surface area is 157 Å². The molecular formula is C20H23FN4O2. The Kier molecular flexibility index (Phi) is 5.29. The molecule has 0 bridgehead atoms. The summed E-state index contributed by atoms with van der Waals surface area (Å²) in [5.41, 5.74) is 1.22. The minimum atomic E-state index is -0.411. The molecule has 27 heavy (non-hydrogen) atoms. The number of nitrogens with zero attached hydrogens (tertiary/aromatic N) is 3. The van der Waals surface area contributed by atoms with E-state index in [2.05, 4.69) is 15.3 Å². The van der Waals surface area contributed by atoms with Crippen molar-refractivity contribution in [2.24, 2.45) is 0 Å². The van der Waals surface area contributed by atoms with Crippen LogP contribution in [0.5, 0.6) is 0 Å². The van der Waals surface area contributed by atoms with E-state index in [1.807, 2.05) is 11.0 Å². The van der Waals surface area contributed by atoms with Crippen molar-refractivity contribution < 1.29 is 13.9 Å². The number of hydrogen-bond acceptors (Lipinski definition) is 5. The highest BCUT2D eigenvalue weighted by Gasteiger charge is 2.20. The second kappa shape index (κ2) is 8.00. The van der Waals surface area contributed by atoms with E-state index in [1.54, 1.807) is 18.2 Å². The van der Waals surface area contributed by atoms with Crippen molar-refractivity contribution in [3.63, 3.8) is 0 Å². The Morgan fingerprint density at radius 2 is 2.15 bits per heavy atom. The summed E-state index contributed by atoms with van der Waals surface area (Å²) < 4.78 is 19.7. The van der Waals surface area contributed by atoms with Crippen LogP contribution in [-0.4, -0.2) is 48.2 Å². The van der Waals surface area contributed by atoms with Gasteiger partial charge < -0.3 is 15.0 Å². The van der Waals surface area contributed by atoms with E-state index in [0.29, 0.717) is 29.3 Å². The van der Waals surface area contributed by atoms with Crippen LogP contribution in [-0.2, 0) is 4.74 Å². The van der Waals surface area contributed by atoms with Crippen molar-refractivity contribution in [2.45, 2.75) is 31.8 Å². The molecule has 3 heterocycles. The van der Waals surface area contributed by atoms with E-state index in [9.17, 15) is 9.18 Å². The van der Waals surface area contributed by atoms with E-state index in [4.69, 9.17) is 4.74 Å². The van der Waals surface area contributed by atoms with E-state index < -0.39 is 5.82 Å². The van der Waals surface area contributed by atoms with Crippen LogP contribution < -0.4 is 10.2 Å². The highest BCUT2D eigenvalue weighted by molar-refractivity contribution is 5.95. The van der Waals surface area contributed by atoms with Crippen molar-refractivity contribution >= 4 is 11.7 Å².